The van der Waals surface area contributed by atoms with E-state index >= 15 is 0 Å². The van der Waals surface area contributed by atoms with Crippen LogP contribution in [0.15, 0.2) is 134 Å². The standard InChI is InChI=1S/C43H39IN2O2/c1-28(2)47-43-37(11-8-9-25-44)39-27-32(17-23-40(39)45(43)34-19-13-29(3)14-20-34)33-18-24-42-38(26-33)31(5)36-10-6-7-12-41(36)46(48-42)35-21-15-30(4)16-22-35/h6-10,12-24,26-27,31H,1,11,25H2,2-5H3/b9-8-. The molecule has 6 aromatic rings. The molecule has 1 unspecified atom stereocenters. The van der Waals surface area contributed by atoms with Gasteiger partial charge in [-0.15, -0.1) is 0 Å². The summed E-state index contributed by atoms with van der Waals surface area (Å²) in [5.41, 5.74) is 12.5. The van der Waals surface area contributed by atoms with E-state index in [9.17, 15) is 0 Å². The van der Waals surface area contributed by atoms with Crippen LogP contribution in [0.3, 0.4) is 0 Å². The molecule has 7 rings (SSSR count). The van der Waals surface area contributed by atoms with Crippen LogP contribution in [0.2, 0.25) is 0 Å². The highest BCUT2D eigenvalue weighted by Gasteiger charge is 2.28. The van der Waals surface area contributed by atoms with E-state index in [0.29, 0.717) is 5.76 Å². The number of benzene rings is 5. The molecule has 0 spiro atoms. The minimum atomic E-state index is 0.127. The highest BCUT2D eigenvalue weighted by molar-refractivity contribution is 14.1. The monoisotopic (exact) mass is 742 g/mol. The van der Waals surface area contributed by atoms with E-state index in [2.05, 4.69) is 176 Å². The van der Waals surface area contributed by atoms with Gasteiger partial charge in [0, 0.05) is 32.5 Å². The number of hydrogen-bond acceptors (Lipinski definition) is 3. The second-order valence-corrected chi connectivity index (χ2v) is 13.5. The minimum Gasteiger partial charge on any atom is -0.445 e. The van der Waals surface area contributed by atoms with Gasteiger partial charge in [-0.3, -0.25) is 4.57 Å². The SMILES string of the molecule is C=C(C)Oc1c(C/C=C\CI)c2cc(-c3ccc4c(c3)C(C)c3ccccc3N(c3ccc(C)cc3)O4)ccc2n1-c1ccc(C)cc1. The number of aryl methyl sites for hydroxylation is 2. The van der Waals surface area contributed by atoms with Gasteiger partial charge in [-0.2, -0.15) is 5.06 Å². The summed E-state index contributed by atoms with van der Waals surface area (Å²) in [6.45, 7) is 12.5. The maximum absolute atomic E-state index is 6.73. The second-order valence-electron chi connectivity index (χ2n) is 12.6. The van der Waals surface area contributed by atoms with Crippen LogP contribution in [0.4, 0.5) is 11.4 Å². The Kier molecular flexibility index (Phi) is 8.88. The first-order chi connectivity index (χ1) is 23.3. The first-order valence-electron chi connectivity index (χ1n) is 16.4. The van der Waals surface area contributed by atoms with Gasteiger partial charge in [0.1, 0.15) is 0 Å². The average Bonchev–Trinajstić information content (AvgIpc) is 3.32. The lowest BCUT2D eigenvalue weighted by atomic mass is 9.89. The molecule has 0 amide bonds. The van der Waals surface area contributed by atoms with Gasteiger partial charge in [0.25, 0.3) is 0 Å². The topological polar surface area (TPSA) is 26.6 Å². The molecule has 0 aliphatic carbocycles. The van der Waals surface area contributed by atoms with Gasteiger partial charge in [0.2, 0.25) is 5.88 Å². The Balaban J connectivity index is 1.37. The third-order valence-corrected chi connectivity index (χ3v) is 9.56. The molecule has 0 N–H and O–H groups in total. The van der Waals surface area contributed by atoms with Crippen LogP contribution in [0.5, 0.6) is 11.6 Å². The summed E-state index contributed by atoms with van der Waals surface area (Å²) in [6, 6.07) is 39.0. The first-order valence-corrected chi connectivity index (χ1v) is 17.9. The van der Waals surface area contributed by atoms with Crippen LogP contribution in [0, 0.1) is 13.8 Å². The zero-order chi connectivity index (χ0) is 33.4. The van der Waals surface area contributed by atoms with Gasteiger partial charge < -0.3 is 9.57 Å². The Morgan fingerprint density at radius 2 is 1.48 bits per heavy atom. The number of hydrogen-bond donors (Lipinski definition) is 0. The summed E-state index contributed by atoms with van der Waals surface area (Å²) in [4.78, 5) is 6.73. The molecule has 5 aromatic carbocycles. The number of alkyl halides is 1. The van der Waals surface area contributed by atoms with E-state index in [0.717, 1.165) is 72.7 Å². The lowest BCUT2D eigenvalue weighted by Crippen LogP contribution is -2.21. The smallest absolute Gasteiger partial charge is 0.208 e. The Morgan fingerprint density at radius 1 is 0.812 bits per heavy atom. The number of aromatic nitrogens is 1. The molecule has 240 valence electrons. The average molecular weight is 743 g/mol. The van der Waals surface area contributed by atoms with Gasteiger partial charge in [-0.1, -0.05) is 114 Å². The summed E-state index contributed by atoms with van der Waals surface area (Å²) in [5.74, 6) is 2.46. The first kappa shape index (κ1) is 31.8. The van der Waals surface area contributed by atoms with E-state index < -0.39 is 0 Å². The number of rotatable bonds is 8. The van der Waals surface area contributed by atoms with Crippen LogP contribution >= 0.6 is 22.6 Å². The van der Waals surface area contributed by atoms with E-state index in [1.165, 1.54) is 16.7 Å². The van der Waals surface area contributed by atoms with Crippen LogP contribution in [0.25, 0.3) is 27.7 Å². The molecule has 1 atom stereocenters. The number of fused-ring (bicyclic) bond motifs is 3. The summed E-state index contributed by atoms with van der Waals surface area (Å²) in [6.07, 6.45) is 5.19. The molecule has 4 nitrogen and oxygen atoms in total. The summed E-state index contributed by atoms with van der Waals surface area (Å²) in [5, 5.41) is 3.13. The molecular formula is C43H39IN2O2. The lowest BCUT2D eigenvalue weighted by molar-refractivity contribution is 0.323. The fraction of sp³-hybridized carbons (Fsp3) is 0.163. The fourth-order valence-electron chi connectivity index (χ4n) is 6.57. The number of allylic oxidation sites excluding steroid dienone is 3. The molecule has 2 heterocycles. The summed E-state index contributed by atoms with van der Waals surface area (Å²) in [7, 11) is 0. The molecule has 1 aliphatic heterocycles. The predicted molar refractivity (Wildman–Crippen MR) is 209 cm³/mol. The zero-order valence-corrected chi connectivity index (χ0v) is 30.0. The van der Waals surface area contributed by atoms with Crippen LogP contribution < -0.4 is 14.6 Å². The fourth-order valence-corrected chi connectivity index (χ4v) is 6.93. The Bertz CT molecular complexity index is 2160. The molecule has 5 heteroatoms. The third kappa shape index (κ3) is 6.03. The molecule has 0 radical (unpaired) electrons. The van der Waals surface area contributed by atoms with Crippen molar-refractivity contribution in [1.29, 1.82) is 0 Å². The molecule has 1 aliphatic rings. The quantitative estimate of drug-likeness (QED) is 0.0672. The number of halogens is 1. The molecule has 0 saturated heterocycles. The molecular weight excluding hydrogens is 703 g/mol. The molecule has 0 fully saturated rings. The van der Waals surface area contributed by atoms with E-state index in [1.54, 1.807) is 0 Å². The van der Waals surface area contributed by atoms with Crippen molar-refractivity contribution < 1.29 is 9.57 Å². The molecule has 1 aromatic heterocycles. The summed E-state index contributed by atoms with van der Waals surface area (Å²) < 4.78 is 9.60. The third-order valence-electron chi connectivity index (χ3n) is 9.05. The normalized spacial score (nSPS) is 14.0. The number of para-hydroxylation sites is 1. The maximum atomic E-state index is 6.73. The molecule has 0 bridgehead atoms. The van der Waals surface area contributed by atoms with Gasteiger partial charge in [0.15, 0.2) is 5.75 Å². The molecule has 0 saturated carbocycles. The highest BCUT2D eigenvalue weighted by Crippen LogP contribution is 2.45. The van der Waals surface area contributed by atoms with Crippen molar-refractivity contribution in [3.63, 3.8) is 0 Å². The van der Waals surface area contributed by atoms with E-state index in [4.69, 9.17) is 9.57 Å². The Hall–Kier alpha value is -4.75. The predicted octanol–water partition coefficient (Wildman–Crippen LogP) is 12.0. The van der Waals surface area contributed by atoms with Gasteiger partial charge in [-0.25, -0.2) is 0 Å². The van der Waals surface area contributed by atoms with Crippen LogP contribution in [-0.2, 0) is 6.42 Å². The van der Waals surface area contributed by atoms with Gasteiger partial charge in [0.05, 0.1) is 22.7 Å². The van der Waals surface area contributed by atoms with E-state index in [1.807, 2.05) is 12.0 Å². The van der Waals surface area contributed by atoms with Crippen LogP contribution in [-0.4, -0.2) is 8.99 Å². The molecule has 48 heavy (non-hydrogen) atoms. The summed E-state index contributed by atoms with van der Waals surface area (Å²) >= 11 is 2.38. The second kappa shape index (κ2) is 13.4. The van der Waals surface area contributed by atoms with Crippen molar-refractivity contribution in [1.82, 2.24) is 4.57 Å². The highest BCUT2D eigenvalue weighted by atomic mass is 127. The maximum Gasteiger partial charge on any atom is 0.208 e. The van der Waals surface area contributed by atoms with Crippen molar-refractivity contribution in [3.8, 4) is 28.4 Å². The van der Waals surface area contributed by atoms with E-state index in [-0.39, 0.29) is 5.92 Å². The van der Waals surface area contributed by atoms with Gasteiger partial charge >= 0.3 is 0 Å². The van der Waals surface area contributed by atoms with Crippen LogP contribution in [0.1, 0.15) is 47.6 Å². The van der Waals surface area contributed by atoms with Crippen molar-refractivity contribution in [2.75, 3.05) is 9.49 Å². The minimum absolute atomic E-state index is 0.127. The van der Waals surface area contributed by atoms with Crippen molar-refractivity contribution in [2.45, 2.75) is 40.0 Å². The number of nitrogens with zero attached hydrogens (tertiary/aromatic N) is 2. The number of ether oxygens (including phenoxy) is 1. The van der Waals surface area contributed by atoms with Crippen molar-refractivity contribution in [3.05, 3.63) is 162 Å². The Labute approximate surface area is 297 Å². The Morgan fingerprint density at radius 3 is 2.19 bits per heavy atom. The number of anilines is 2. The lowest BCUT2D eigenvalue weighted by Gasteiger charge is -2.25. The zero-order valence-electron chi connectivity index (χ0n) is 27.8. The van der Waals surface area contributed by atoms with Gasteiger partial charge in [-0.05, 0) is 98.5 Å². The van der Waals surface area contributed by atoms with Crippen molar-refractivity contribution >= 4 is 44.9 Å². The largest absolute Gasteiger partial charge is 0.445 e. The van der Waals surface area contributed by atoms with Crippen molar-refractivity contribution in [2.24, 2.45) is 0 Å².